The molecule has 0 bridgehead atoms. The standard InChI is InChI=1S/C12H23N5/c1-3-5-7-10(6-4-2)15-11-8-14-9-12(16-11)17-13/h8-10H,3-7,13H2,1-2H3,(H2,15,16,17). The second-order valence-corrected chi connectivity index (χ2v) is 4.21. The summed E-state index contributed by atoms with van der Waals surface area (Å²) in [5.41, 5.74) is 2.50. The van der Waals surface area contributed by atoms with Crippen LogP contribution in [-0.2, 0) is 0 Å². The number of nitrogen functional groups attached to an aromatic ring is 1. The molecule has 0 spiro atoms. The average molecular weight is 237 g/mol. The zero-order valence-electron chi connectivity index (χ0n) is 10.7. The van der Waals surface area contributed by atoms with E-state index in [1.165, 1.54) is 25.7 Å². The van der Waals surface area contributed by atoms with E-state index >= 15 is 0 Å². The van der Waals surface area contributed by atoms with Crippen LogP contribution < -0.4 is 16.6 Å². The van der Waals surface area contributed by atoms with Gasteiger partial charge in [0, 0.05) is 6.04 Å². The molecule has 1 unspecified atom stereocenters. The predicted octanol–water partition coefficient (Wildman–Crippen LogP) is 2.53. The van der Waals surface area contributed by atoms with E-state index in [4.69, 9.17) is 5.84 Å². The highest BCUT2D eigenvalue weighted by Crippen LogP contribution is 2.13. The molecule has 96 valence electrons. The van der Waals surface area contributed by atoms with Crippen LogP contribution in [0.15, 0.2) is 12.4 Å². The van der Waals surface area contributed by atoms with Crippen LogP contribution in [0.2, 0.25) is 0 Å². The van der Waals surface area contributed by atoms with Gasteiger partial charge in [-0.15, -0.1) is 0 Å². The maximum atomic E-state index is 5.31. The molecule has 0 amide bonds. The summed E-state index contributed by atoms with van der Waals surface area (Å²) in [5.74, 6) is 6.68. The number of rotatable bonds is 8. The molecule has 1 aromatic heterocycles. The molecule has 1 atom stereocenters. The smallest absolute Gasteiger partial charge is 0.160 e. The third-order valence-corrected chi connectivity index (χ3v) is 2.68. The second kappa shape index (κ2) is 7.84. The van der Waals surface area contributed by atoms with Gasteiger partial charge < -0.3 is 10.7 Å². The maximum absolute atomic E-state index is 5.31. The van der Waals surface area contributed by atoms with Crippen molar-refractivity contribution in [2.45, 2.75) is 52.0 Å². The highest BCUT2D eigenvalue weighted by molar-refractivity contribution is 5.41. The first-order valence-corrected chi connectivity index (χ1v) is 6.35. The van der Waals surface area contributed by atoms with Crippen LogP contribution in [0, 0.1) is 0 Å². The molecule has 0 aromatic carbocycles. The van der Waals surface area contributed by atoms with Crippen molar-refractivity contribution in [3.63, 3.8) is 0 Å². The van der Waals surface area contributed by atoms with Crippen LogP contribution in [0.5, 0.6) is 0 Å². The quantitative estimate of drug-likeness (QED) is 0.478. The summed E-state index contributed by atoms with van der Waals surface area (Å²) in [7, 11) is 0. The Morgan fingerprint density at radius 2 is 1.94 bits per heavy atom. The van der Waals surface area contributed by atoms with Crippen LogP contribution in [0.25, 0.3) is 0 Å². The van der Waals surface area contributed by atoms with Crippen molar-refractivity contribution < 1.29 is 0 Å². The number of nitrogens with zero attached hydrogens (tertiary/aromatic N) is 2. The number of hydrazine groups is 1. The van der Waals surface area contributed by atoms with E-state index in [0.29, 0.717) is 11.9 Å². The largest absolute Gasteiger partial charge is 0.366 e. The second-order valence-electron chi connectivity index (χ2n) is 4.21. The summed E-state index contributed by atoms with van der Waals surface area (Å²) >= 11 is 0. The van der Waals surface area contributed by atoms with E-state index in [-0.39, 0.29) is 0 Å². The Kier molecular flexibility index (Phi) is 6.32. The van der Waals surface area contributed by atoms with Gasteiger partial charge in [-0.25, -0.2) is 10.8 Å². The van der Waals surface area contributed by atoms with Crippen LogP contribution in [0.1, 0.15) is 46.0 Å². The molecule has 1 rings (SSSR count). The van der Waals surface area contributed by atoms with Gasteiger partial charge in [-0.05, 0) is 12.8 Å². The highest BCUT2D eigenvalue weighted by Gasteiger charge is 2.08. The summed E-state index contributed by atoms with van der Waals surface area (Å²) in [6.07, 6.45) is 9.29. The third kappa shape index (κ3) is 4.99. The number of unbranched alkanes of at least 4 members (excludes halogenated alkanes) is 1. The predicted molar refractivity (Wildman–Crippen MR) is 71.7 cm³/mol. The fourth-order valence-corrected chi connectivity index (χ4v) is 1.80. The Labute approximate surface area is 103 Å². The van der Waals surface area contributed by atoms with Crippen molar-refractivity contribution in [1.82, 2.24) is 9.97 Å². The van der Waals surface area contributed by atoms with Gasteiger partial charge in [-0.1, -0.05) is 33.1 Å². The summed E-state index contributed by atoms with van der Waals surface area (Å²) in [6, 6.07) is 0.474. The van der Waals surface area contributed by atoms with Crippen molar-refractivity contribution in [2.75, 3.05) is 10.7 Å². The van der Waals surface area contributed by atoms with E-state index in [2.05, 4.69) is 34.6 Å². The molecule has 1 aromatic rings. The lowest BCUT2D eigenvalue weighted by molar-refractivity contribution is 0.562. The third-order valence-electron chi connectivity index (χ3n) is 2.68. The van der Waals surface area contributed by atoms with Gasteiger partial charge in [0.2, 0.25) is 0 Å². The summed E-state index contributed by atoms with van der Waals surface area (Å²) in [5, 5.41) is 3.42. The lowest BCUT2D eigenvalue weighted by atomic mass is 10.1. The molecular weight excluding hydrogens is 214 g/mol. The number of anilines is 2. The Morgan fingerprint density at radius 3 is 2.59 bits per heavy atom. The SMILES string of the molecule is CCCCC(CCC)Nc1cncc(NN)n1. The average Bonchev–Trinajstić information content (AvgIpc) is 2.36. The molecule has 1 heterocycles. The van der Waals surface area contributed by atoms with E-state index < -0.39 is 0 Å². The van der Waals surface area contributed by atoms with E-state index in [0.717, 1.165) is 12.2 Å². The van der Waals surface area contributed by atoms with E-state index in [1.54, 1.807) is 12.4 Å². The van der Waals surface area contributed by atoms with Crippen molar-refractivity contribution in [3.05, 3.63) is 12.4 Å². The molecule has 5 nitrogen and oxygen atoms in total. The summed E-state index contributed by atoms with van der Waals surface area (Å²) in [6.45, 7) is 4.41. The van der Waals surface area contributed by atoms with Crippen molar-refractivity contribution in [2.24, 2.45) is 5.84 Å². The fourth-order valence-electron chi connectivity index (χ4n) is 1.80. The molecule has 0 aliphatic rings. The van der Waals surface area contributed by atoms with Crippen LogP contribution in [0.4, 0.5) is 11.6 Å². The van der Waals surface area contributed by atoms with Gasteiger partial charge in [-0.3, -0.25) is 4.98 Å². The lowest BCUT2D eigenvalue weighted by Crippen LogP contribution is -2.20. The van der Waals surface area contributed by atoms with Crippen LogP contribution in [0.3, 0.4) is 0 Å². The first kappa shape index (κ1) is 13.7. The van der Waals surface area contributed by atoms with Gasteiger partial charge in [0.25, 0.3) is 0 Å². The maximum Gasteiger partial charge on any atom is 0.160 e. The van der Waals surface area contributed by atoms with Crippen molar-refractivity contribution >= 4 is 11.6 Å². The number of nitrogens with one attached hydrogen (secondary N) is 2. The number of hydrogen-bond donors (Lipinski definition) is 3. The molecule has 0 radical (unpaired) electrons. The first-order chi connectivity index (χ1) is 8.30. The van der Waals surface area contributed by atoms with Gasteiger partial charge in [0.15, 0.2) is 5.82 Å². The topological polar surface area (TPSA) is 75.9 Å². The minimum Gasteiger partial charge on any atom is -0.366 e. The zero-order chi connectivity index (χ0) is 12.5. The van der Waals surface area contributed by atoms with E-state index in [9.17, 15) is 0 Å². The van der Waals surface area contributed by atoms with Gasteiger partial charge in [0.05, 0.1) is 12.4 Å². The Bertz CT molecular complexity index is 316. The first-order valence-electron chi connectivity index (χ1n) is 6.35. The van der Waals surface area contributed by atoms with Crippen LogP contribution >= 0.6 is 0 Å². The van der Waals surface area contributed by atoms with E-state index in [1.807, 2.05) is 0 Å². The molecule has 0 aliphatic carbocycles. The molecule has 0 saturated heterocycles. The van der Waals surface area contributed by atoms with Gasteiger partial charge >= 0.3 is 0 Å². The monoisotopic (exact) mass is 237 g/mol. The van der Waals surface area contributed by atoms with Crippen molar-refractivity contribution in [3.8, 4) is 0 Å². The molecule has 0 saturated carbocycles. The van der Waals surface area contributed by atoms with Crippen LogP contribution in [-0.4, -0.2) is 16.0 Å². The lowest BCUT2D eigenvalue weighted by Gasteiger charge is -2.18. The minimum absolute atomic E-state index is 0.474. The number of aromatic nitrogens is 2. The Balaban J connectivity index is 2.57. The molecular formula is C12H23N5. The summed E-state index contributed by atoms with van der Waals surface area (Å²) in [4.78, 5) is 8.39. The van der Waals surface area contributed by atoms with Gasteiger partial charge in [-0.2, -0.15) is 0 Å². The van der Waals surface area contributed by atoms with Gasteiger partial charge in [0.1, 0.15) is 5.82 Å². The Hall–Kier alpha value is -1.36. The minimum atomic E-state index is 0.474. The summed E-state index contributed by atoms with van der Waals surface area (Å²) < 4.78 is 0. The zero-order valence-corrected chi connectivity index (χ0v) is 10.7. The number of hydrogen-bond acceptors (Lipinski definition) is 5. The fraction of sp³-hybridized carbons (Fsp3) is 0.667. The number of nitrogens with two attached hydrogens (primary N) is 1. The normalized spacial score (nSPS) is 12.2. The Morgan fingerprint density at radius 1 is 1.18 bits per heavy atom. The molecule has 4 N–H and O–H groups in total. The molecule has 0 fully saturated rings. The molecule has 0 aliphatic heterocycles. The molecule has 5 heteroatoms. The highest BCUT2D eigenvalue weighted by atomic mass is 15.3. The van der Waals surface area contributed by atoms with Crippen molar-refractivity contribution in [1.29, 1.82) is 0 Å². The molecule has 17 heavy (non-hydrogen) atoms.